The van der Waals surface area contributed by atoms with Crippen molar-refractivity contribution in [3.8, 4) is 11.1 Å². The molecule has 4 rings (SSSR count). The highest BCUT2D eigenvalue weighted by Crippen LogP contribution is 2.28. The van der Waals surface area contributed by atoms with Crippen LogP contribution in [0.25, 0.3) is 22.0 Å². The van der Waals surface area contributed by atoms with Crippen molar-refractivity contribution in [2.75, 3.05) is 17.3 Å². The number of hydrogen-bond acceptors (Lipinski definition) is 4. The molecule has 0 aliphatic carbocycles. The molecule has 0 bridgehead atoms. The van der Waals surface area contributed by atoms with E-state index in [9.17, 15) is 9.18 Å². The first-order valence-corrected chi connectivity index (χ1v) is 9.61. The number of carbonyl (C=O) groups excluding carboxylic acids is 1. The second kappa shape index (κ2) is 8.29. The van der Waals surface area contributed by atoms with Gasteiger partial charge in [0.1, 0.15) is 18.0 Å². The maximum Gasteiger partial charge on any atom is 0.224 e. The van der Waals surface area contributed by atoms with E-state index in [4.69, 9.17) is 0 Å². The number of aromatic nitrogens is 2. The third kappa shape index (κ3) is 3.85. The number of nitrogens with zero attached hydrogens (tertiary/aromatic N) is 3. The average Bonchev–Trinajstić information content (AvgIpc) is 2.77. The standard InChI is InChI=1S/C24H21FN4O/c1-16(30)29(23-9-4-3-8-21(23)25)14-17-6-5-7-18(12-17)19-10-11-22-20(13-19)24(26-2)28-15-27-22/h3-13,15H,14H2,1-2H3,(H,26,27,28). The Morgan fingerprint density at radius 3 is 2.57 bits per heavy atom. The summed E-state index contributed by atoms with van der Waals surface area (Å²) in [5.41, 5.74) is 4.05. The lowest BCUT2D eigenvalue weighted by atomic mass is 10.0. The van der Waals surface area contributed by atoms with Crippen molar-refractivity contribution in [3.05, 3.63) is 84.4 Å². The van der Waals surface area contributed by atoms with Gasteiger partial charge in [-0.05, 0) is 47.0 Å². The molecule has 0 fully saturated rings. The summed E-state index contributed by atoms with van der Waals surface area (Å²) in [5.74, 6) is 0.130. The molecule has 3 aromatic carbocycles. The Hall–Kier alpha value is -3.80. The number of anilines is 2. The van der Waals surface area contributed by atoms with Crippen LogP contribution >= 0.6 is 0 Å². The molecule has 0 saturated carbocycles. The smallest absolute Gasteiger partial charge is 0.224 e. The molecule has 4 aromatic rings. The van der Waals surface area contributed by atoms with Crippen LogP contribution in [0.15, 0.2) is 73.1 Å². The van der Waals surface area contributed by atoms with Gasteiger partial charge in [-0.15, -0.1) is 0 Å². The highest BCUT2D eigenvalue weighted by atomic mass is 19.1. The Morgan fingerprint density at radius 1 is 1.00 bits per heavy atom. The zero-order valence-corrected chi connectivity index (χ0v) is 16.8. The molecule has 0 aliphatic rings. The summed E-state index contributed by atoms with van der Waals surface area (Å²) >= 11 is 0. The second-order valence-electron chi connectivity index (χ2n) is 6.96. The topological polar surface area (TPSA) is 58.1 Å². The molecule has 0 atom stereocenters. The lowest BCUT2D eigenvalue weighted by Crippen LogP contribution is -2.28. The normalized spacial score (nSPS) is 10.8. The number of amides is 1. The van der Waals surface area contributed by atoms with E-state index in [0.29, 0.717) is 0 Å². The van der Waals surface area contributed by atoms with Gasteiger partial charge in [0.25, 0.3) is 0 Å². The Kier molecular flexibility index (Phi) is 5.39. The molecule has 0 aliphatic heterocycles. The molecule has 30 heavy (non-hydrogen) atoms. The molecule has 0 spiro atoms. The first-order chi connectivity index (χ1) is 14.6. The van der Waals surface area contributed by atoms with E-state index in [0.717, 1.165) is 33.4 Å². The first-order valence-electron chi connectivity index (χ1n) is 9.61. The predicted octanol–water partition coefficient (Wildman–Crippen LogP) is 5.03. The van der Waals surface area contributed by atoms with Gasteiger partial charge in [-0.3, -0.25) is 4.79 Å². The Bertz CT molecular complexity index is 1220. The van der Waals surface area contributed by atoms with Gasteiger partial charge in [0.2, 0.25) is 5.91 Å². The number of benzene rings is 3. The van der Waals surface area contributed by atoms with Gasteiger partial charge < -0.3 is 10.2 Å². The zero-order chi connectivity index (χ0) is 21.1. The summed E-state index contributed by atoms with van der Waals surface area (Å²) in [6, 6.07) is 20.2. The summed E-state index contributed by atoms with van der Waals surface area (Å²) in [4.78, 5) is 22.2. The molecule has 1 N–H and O–H groups in total. The van der Waals surface area contributed by atoms with Crippen molar-refractivity contribution in [1.29, 1.82) is 0 Å². The quantitative estimate of drug-likeness (QED) is 0.510. The molecule has 150 valence electrons. The van der Waals surface area contributed by atoms with Gasteiger partial charge in [-0.1, -0.05) is 36.4 Å². The summed E-state index contributed by atoms with van der Waals surface area (Å²) < 4.78 is 14.3. The van der Waals surface area contributed by atoms with E-state index >= 15 is 0 Å². The molecule has 0 radical (unpaired) electrons. The van der Waals surface area contributed by atoms with Crippen molar-refractivity contribution in [2.24, 2.45) is 0 Å². The average molecular weight is 400 g/mol. The largest absolute Gasteiger partial charge is 0.373 e. The van der Waals surface area contributed by atoms with Gasteiger partial charge >= 0.3 is 0 Å². The third-order valence-corrected chi connectivity index (χ3v) is 5.00. The minimum atomic E-state index is -0.419. The number of para-hydroxylation sites is 1. The minimum Gasteiger partial charge on any atom is -0.373 e. The van der Waals surface area contributed by atoms with Crippen LogP contribution in [-0.4, -0.2) is 22.9 Å². The maximum atomic E-state index is 14.3. The fraction of sp³-hybridized carbons (Fsp3) is 0.125. The number of nitrogens with one attached hydrogen (secondary N) is 1. The van der Waals surface area contributed by atoms with E-state index in [1.165, 1.54) is 24.2 Å². The predicted molar refractivity (Wildman–Crippen MR) is 118 cm³/mol. The molecule has 5 nitrogen and oxygen atoms in total. The van der Waals surface area contributed by atoms with Gasteiger partial charge in [0.15, 0.2) is 0 Å². The summed E-state index contributed by atoms with van der Waals surface area (Å²) in [7, 11) is 1.83. The van der Waals surface area contributed by atoms with Gasteiger partial charge in [-0.25, -0.2) is 14.4 Å². The van der Waals surface area contributed by atoms with Crippen LogP contribution < -0.4 is 10.2 Å². The van der Waals surface area contributed by atoms with E-state index in [1.54, 1.807) is 18.2 Å². The number of fused-ring (bicyclic) bond motifs is 1. The maximum absolute atomic E-state index is 14.3. The molecular weight excluding hydrogens is 379 g/mol. The van der Waals surface area contributed by atoms with Gasteiger partial charge in [0, 0.05) is 19.4 Å². The van der Waals surface area contributed by atoms with Crippen molar-refractivity contribution in [1.82, 2.24) is 9.97 Å². The van der Waals surface area contributed by atoms with Gasteiger partial charge in [0.05, 0.1) is 17.7 Å². The Balaban J connectivity index is 1.70. The molecule has 0 saturated heterocycles. The van der Waals surface area contributed by atoms with Crippen molar-refractivity contribution in [3.63, 3.8) is 0 Å². The summed E-state index contributed by atoms with van der Waals surface area (Å²) in [6.07, 6.45) is 1.54. The SMILES string of the molecule is CNc1ncnc2ccc(-c3cccc(CN(C(C)=O)c4ccccc4F)c3)cc12. The van der Waals surface area contributed by atoms with Crippen molar-refractivity contribution in [2.45, 2.75) is 13.5 Å². The molecule has 1 aromatic heterocycles. The summed E-state index contributed by atoms with van der Waals surface area (Å²) in [5, 5.41) is 4.02. The minimum absolute atomic E-state index is 0.216. The zero-order valence-electron chi connectivity index (χ0n) is 16.8. The Morgan fingerprint density at radius 2 is 1.80 bits per heavy atom. The number of hydrogen-bond donors (Lipinski definition) is 1. The van der Waals surface area contributed by atoms with Crippen LogP contribution in [0, 0.1) is 5.82 Å². The third-order valence-electron chi connectivity index (χ3n) is 5.00. The number of halogens is 1. The lowest BCUT2D eigenvalue weighted by Gasteiger charge is -2.22. The molecule has 1 heterocycles. The van der Waals surface area contributed by atoms with Crippen LogP contribution in [0.2, 0.25) is 0 Å². The first kappa shape index (κ1) is 19.5. The van der Waals surface area contributed by atoms with E-state index in [1.807, 2.05) is 49.5 Å². The molecule has 6 heteroatoms. The molecular formula is C24H21FN4O. The van der Waals surface area contributed by atoms with Crippen LogP contribution in [0.4, 0.5) is 15.9 Å². The lowest BCUT2D eigenvalue weighted by molar-refractivity contribution is -0.116. The van der Waals surface area contributed by atoms with Gasteiger partial charge in [-0.2, -0.15) is 0 Å². The van der Waals surface area contributed by atoms with E-state index < -0.39 is 5.82 Å². The number of carbonyl (C=O) groups is 1. The fourth-order valence-electron chi connectivity index (χ4n) is 3.50. The van der Waals surface area contributed by atoms with Crippen LogP contribution in [-0.2, 0) is 11.3 Å². The fourth-order valence-corrected chi connectivity index (χ4v) is 3.50. The van der Waals surface area contributed by atoms with Crippen molar-refractivity contribution < 1.29 is 9.18 Å². The molecule has 0 unspecified atom stereocenters. The highest BCUT2D eigenvalue weighted by Gasteiger charge is 2.16. The van der Waals surface area contributed by atoms with E-state index in [2.05, 4.69) is 15.3 Å². The van der Waals surface area contributed by atoms with Crippen LogP contribution in [0.1, 0.15) is 12.5 Å². The molecule has 1 amide bonds. The van der Waals surface area contributed by atoms with E-state index in [-0.39, 0.29) is 18.1 Å². The van der Waals surface area contributed by atoms with Crippen molar-refractivity contribution >= 4 is 28.3 Å². The second-order valence-corrected chi connectivity index (χ2v) is 6.96. The monoisotopic (exact) mass is 400 g/mol. The van der Waals surface area contributed by atoms with Crippen LogP contribution in [0.3, 0.4) is 0 Å². The number of rotatable bonds is 5. The Labute approximate surface area is 174 Å². The van der Waals surface area contributed by atoms with Crippen LogP contribution in [0.5, 0.6) is 0 Å². The summed E-state index contributed by atoms with van der Waals surface area (Å²) in [6.45, 7) is 1.72. The highest BCUT2D eigenvalue weighted by molar-refractivity contribution is 5.93.